The molecule has 1 atom stereocenters. The summed E-state index contributed by atoms with van der Waals surface area (Å²) < 4.78 is 35.9. The van der Waals surface area contributed by atoms with E-state index >= 15 is 0 Å². The van der Waals surface area contributed by atoms with E-state index in [2.05, 4.69) is 0 Å². The molecule has 1 rings (SSSR count). The summed E-state index contributed by atoms with van der Waals surface area (Å²) in [6, 6.07) is 6.94. The van der Waals surface area contributed by atoms with E-state index in [1.807, 2.05) is 6.92 Å². The summed E-state index contributed by atoms with van der Waals surface area (Å²) in [6.07, 6.45) is 0.559. The number of aldehydes is 1. The van der Waals surface area contributed by atoms with Crippen LogP contribution in [0.4, 0.5) is 13.2 Å². The summed E-state index contributed by atoms with van der Waals surface area (Å²) >= 11 is -0.166. The fraction of sp³-hybridized carbons (Fsp3) is 0.364. The number of carbonyl (C=O) groups is 1. The van der Waals surface area contributed by atoms with Crippen LogP contribution in [-0.4, -0.2) is 17.5 Å². The van der Waals surface area contributed by atoms with Crippen molar-refractivity contribution >= 4 is 18.0 Å². The maximum absolute atomic E-state index is 12.0. The highest BCUT2D eigenvalue weighted by molar-refractivity contribution is 8.00. The van der Waals surface area contributed by atoms with E-state index < -0.39 is 11.4 Å². The van der Waals surface area contributed by atoms with E-state index in [0.717, 1.165) is 5.56 Å². The molecule has 1 nitrogen and oxygen atoms in total. The van der Waals surface area contributed by atoms with Crippen molar-refractivity contribution in [3.63, 3.8) is 0 Å². The quantitative estimate of drug-likeness (QED) is 0.758. The zero-order chi connectivity index (χ0) is 12.2. The zero-order valence-electron chi connectivity index (χ0n) is 8.62. The lowest BCUT2D eigenvalue weighted by atomic mass is 10.0. The number of aryl methyl sites for hydroxylation is 1. The van der Waals surface area contributed by atoms with Crippen LogP contribution in [0.2, 0.25) is 0 Å². The molecule has 1 unspecified atom stereocenters. The number of hydrogen-bond donors (Lipinski definition) is 0. The maximum Gasteiger partial charge on any atom is 0.441 e. The van der Waals surface area contributed by atoms with Gasteiger partial charge in [0.05, 0.1) is 0 Å². The van der Waals surface area contributed by atoms with Gasteiger partial charge in [-0.1, -0.05) is 29.8 Å². The van der Waals surface area contributed by atoms with E-state index in [0.29, 0.717) is 11.8 Å². The topological polar surface area (TPSA) is 17.1 Å². The van der Waals surface area contributed by atoms with E-state index in [4.69, 9.17) is 0 Å². The second-order valence-electron chi connectivity index (χ2n) is 3.41. The van der Waals surface area contributed by atoms with Gasteiger partial charge in [0.25, 0.3) is 0 Å². The third kappa shape index (κ3) is 4.26. The van der Waals surface area contributed by atoms with Crippen molar-refractivity contribution in [2.75, 3.05) is 5.75 Å². The molecule has 1 aromatic carbocycles. The monoisotopic (exact) mass is 248 g/mol. The Hall–Kier alpha value is -0.970. The first-order valence-electron chi connectivity index (χ1n) is 4.65. The highest BCUT2D eigenvalue weighted by Crippen LogP contribution is 2.33. The van der Waals surface area contributed by atoms with Crippen LogP contribution in [0.15, 0.2) is 24.3 Å². The molecule has 0 saturated carbocycles. The molecule has 0 heterocycles. The summed E-state index contributed by atoms with van der Waals surface area (Å²) in [5.41, 5.74) is -2.65. The predicted octanol–water partition coefficient (Wildman–Crippen LogP) is 3.53. The van der Waals surface area contributed by atoms with Crippen molar-refractivity contribution in [2.24, 2.45) is 0 Å². The van der Waals surface area contributed by atoms with Gasteiger partial charge in [0, 0.05) is 11.7 Å². The molecule has 0 spiro atoms. The molecule has 0 aromatic heterocycles. The normalized spacial score (nSPS) is 13.5. The minimum absolute atomic E-state index is 0.166. The first-order valence-corrected chi connectivity index (χ1v) is 5.63. The second-order valence-corrected chi connectivity index (χ2v) is 4.49. The van der Waals surface area contributed by atoms with E-state index in [9.17, 15) is 18.0 Å². The molecule has 5 heteroatoms. The van der Waals surface area contributed by atoms with E-state index in [1.54, 1.807) is 24.3 Å². The van der Waals surface area contributed by atoms with Crippen molar-refractivity contribution in [1.29, 1.82) is 0 Å². The smallest absolute Gasteiger partial charge is 0.303 e. The van der Waals surface area contributed by atoms with Gasteiger partial charge < -0.3 is 4.79 Å². The number of rotatable bonds is 4. The summed E-state index contributed by atoms with van der Waals surface area (Å²) in [5, 5.41) is 0. The fourth-order valence-corrected chi connectivity index (χ4v) is 1.85. The third-order valence-electron chi connectivity index (χ3n) is 2.10. The van der Waals surface area contributed by atoms with Gasteiger partial charge in [0.1, 0.15) is 6.29 Å². The molecule has 0 fully saturated rings. The maximum atomic E-state index is 12.0. The molecular weight excluding hydrogens is 237 g/mol. The zero-order valence-corrected chi connectivity index (χ0v) is 9.44. The van der Waals surface area contributed by atoms with Crippen molar-refractivity contribution < 1.29 is 18.0 Å². The van der Waals surface area contributed by atoms with Gasteiger partial charge in [-0.15, -0.1) is 0 Å². The van der Waals surface area contributed by atoms with Crippen LogP contribution in [0.1, 0.15) is 17.0 Å². The van der Waals surface area contributed by atoms with Crippen molar-refractivity contribution in [2.45, 2.75) is 18.3 Å². The number of hydrogen-bond acceptors (Lipinski definition) is 2. The largest absolute Gasteiger partial charge is 0.441 e. The van der Waals surface area contributed by atoms with Crippen LogP contribution in [-0.2, 0) is 4.79 Å². The molecular formula is C11H11F3OS. The Kier molecular flexibility index (Phi) is 4.41. The summed E-state index contributed by atoms with van der Waals surface area (Å²) in [7, 11) is 0. The van der Waals surface area contributed by atoms with Crippen LogP contribution in [0, 0.1) is 6.92 Å². The number of halogens is 3. The SMILES string of the molecule is Cc1ccc(C(C=O)CSC(F)(F)F)cc1. The Balaban J connectivity index is 2.68. The van der Waals surface area contributed by atoms with Crippen LogP contribution >= 0.6 is 11.8 Å². The standard InChI is InChI=1S/C11H11F3OS/c1-8-2-4-9(5-3-8)10(6-15)7-16-11(12,13)14/h2-6,10H,7H2,1H3. The summed E-state index contributed by atoms with van der Waals surface area (Å²) in [6.45, 7) is 1.88. The van der Waals surface area contributed by atoms with Gasteiger partial charge in [-0.2, -0.15) is 13.2 Å². The summed E-state index contributed by atoms with van der Waals surface area (Å²) in [4.78, 5) is 10.7. The van der Waals surface area contributed by atoms with E-state index in [1.165, 1.54) is 0 Å². The molecule has 0 amide bonds. The van der Waals surface area contributed by atoms with Gasteiger partial charge in [-0.3, -0.25) is 0 Å². The Bertz CT molecular complexity index is 345. The second kappa shape index (κ2) is 5.39. The molecule has 0 aliphatic carbocycles. The van der Waals surface area contributed by atoms with Crippen molar-refractivity contribution in [3.05, 3.63) is 35.4 Å². The predicted molar refractivity (Wildman–Crippen MR) is 58.5 cm³/mol. The average Bonchev–Trinajstić information content (AvgIpc) is 2.20. The molecule has 88 valence electrons. The molecule has 0 N–H and O–H groups in total. The average molecular weight is 248 g/mol. The number of benzene rings is 1. The molecule has 0 aliphatic rings. The molecule has 0 aliphatic heterocycles. The van der Waals surface area contributed by atoms with E-state index in [-0.39, 0.29) is 17.5 Å². The highest BCUT2D eigenvalue weighted by atomic mass is 32.2. The number of alkyl halides is 3. The Labute approximate surface area is 96.0 Å². The van der Waals surface area contributed by atoms with Crippen molar-refractivity contribution in [3.8, 4) is 0 Å². The third-order valence-corrected chi connectivity index (χ3v) is 2.95. The molecule has 1 aromatic rings. The lowest BCUT2D eigenvalue weighted by Gasteiger charge is -2.12. The Morgan fingerprint density at radius 2 is 1.88 bits per heavy atom. The highest BCUT2D eigenvalue weighted by Gasteiger charge is 2.29. The van der Waals surface area contributed by atoms with Crippen LogP contribution < -0.4 is 0 Å². The Morgan fingerprint density at radius 1 is 1.31 bits per heavy atom. The minimum Gasteiger partial charge on any atom is -0.303 e. The first-order chi connectivity index (χ1) is 7.42. The van der Waals surface area contributed by atoms with Gasteiger partial charge in [-0.05, 0) is 24.2 Å². The van der Waals surface area contributed by atoms with Gasteiger partial charge in [0.2, 0.25) is 0 Å². The van der Waals surface area contributed by atoms with Crippen molar-refractivity contribution in [1.82, 2.24) is 0 Å². The van der Waals surface area contributed by atoms with Gasteiger partial charge in [0.15, 0.2) is 0 Å². The molecule has 0 radical (unpaired) electrons. The van der Waals surface area contributed by atoms with Gasteiger partial charge in [-0.25, -0.2) is 0 Å². The molecule has 16 heavy (non-hydrogen) atoms. The lowest BCUT2D eigenvalue weighted by Crippen LogP contribution is -2.09. The Morgan fingerprint density at radius 3 is 2.31 bits per heavy atom. The lowest BCUT2D eigenvalue weighted by molar-refractivity contribution is -0.108. The number of carbonyl (C=O) groups excluding carboxylic acids is 1. The summed E-state index contributed by atoms with van der Waals surface area (Å²) in [5.74, 6) is -0.969. The first kappa shape index (κ1) is 13.1. The molecule has 0 bridgehead atoms. The van der Waals surface area contributed by atoms with Gasteiger partial charge >= 0.3 is 5.51 Å². The number of thioether (sulfide) groups is 1. The van der Waals surface area contributed by atoms with Crippen LogP contribution in [0.3, 0.4) is 0 Å². The fourth-order valence-electron chi connectivity index (χ4n) is 1.21. The van der Waals surface area contributed by atoms with Crippen LogP contribution in [0.25, 0.3) is 0 Å². The van der Waals surface area contributed by atoms with Crippen LogP contribution in [0.5, 0.6) is 0 Å². The molecule has 0 saturated heterocycles. The minimum atomic E-state index is -4.29.